The van der Waals surface area contributed by atoms with Crippen molar-refractivity contribution >= 4 is 17.4 Å². The summed E-state index contributed by atoms with van der Waals surface area (Å²) >= 11 is 0. The highest BCUT2D eigenvalue weighted by atomic mass is 16.1. The van der Waals surface area contributed by atoms with Crippen LogP contribution in [0.15, 0.2) is 43.0 Å². The van der Waals surface area contributed by atoms with Gasteiger partial charge in [-0.1, -0.05) is 38.7 Å². The summed E-state index contributed by atoms with van der Waals surface area (Å²) in [6.07, 6.45) is 16.8. The standard InChI is InChI=1S/C24H32N6O/c1-2-3-4-6-18-8-10-20(11-9-18)28-24(31)21-17-27-30-14-12-22(29-23(21)30)26-16-19-7-5-13-25-15-19/h5,7,12-15,17-18,20H,2-4,6,8-11,16H2,1H3,(H,26,29)(H,28,31). The normalized spacial score (nSPS) is 18.7. The fourth-order valence-electron chi connectivity index (χ4n) is 4.36. The van der Waals surface area contributed by atoms with Crippen LogP contribution in [0.25, 0.3) is 5.65 Å². The lowest BCUT2D eigenvalue weighted by molar-refractivity contribution is 0.0922. The molecule has 31 heavy (non-hydrogen) atoms. The van der Waals surface area contributed by atoms with Crippen LogP contribution in [0.5, 0.6) is 0 Å². The smallest absolute Gasteiger partial charge is 0.256 e. The number of amides is 1. The highest BCUT2D eigenvalue weighted by molar-refractivity contribution is 5.99. The Labute approximate surface area is 183 Å². The second-order valence-electron chi connectivity index (χ2n) is 8.54. The molecule has 1 aliphatic rings. The fraction of sp³-hybridized carbons (Fsp3) is 0.500. The van der Waals surface area contributed by atoms with Crippen LogP contribution in [0.3, 0.4) is 0 Å². The number of carbonyl (C=O) groups is 1. The van der Waals surface area contributed by atoms with Crippen LogP contribution in [-0.4, -0.2) is 31.5 Å². The van der Waals surface area contributed by atoms with Crippen LogP contribution < -0.4 is 10.6 Å². The van der Waals surface area contributed by atoms with Crippen molar-refractivity contribution in [3.8, 4) is 0 Å². The molecule has 1 saturated carbocycles. The number of anilines is 1. The molecule has 0 aliphatic heterocycles. The molecule has 2 N–H and O–H groups in total. The molecule has 7 nitrogen and oxygen atoms in total. The number of fused-ring (bicyclic) bond motifs is 1. The molecule has 0 unspecified atom stereocenters. The van der Waals surface area contributed by atoms with Gasteiger partial charge in [0.2, 0.25) is 0 Å². The first-order valence-electron chi connectivity index (χ1n) is 11.5. The van der Waals surface area contributed by atoms with Crippen molar-refractivity contribution in [1.29, 1.82) is 0 Å². The van der Waals surface area contributed by atoms with Gasteiger partial charge >= 0.3 is 0 Å². The van der Waals surface area contributed by atoms with E-state index >= 15 is 0 Å². The van der Waals surface area contributed by atoms with Gasteiger partial charge in [-0.25, -0.2) is 9.50 Å². The van der Waals surface area contributed by atoms with E-state index in [1.165, 1.54) is 38.5 Å². The number of unbranched alkanes of at least 4 members (excludes halogenated alkanes) is 2. The molecule has 3 heterocycles. The van der Waals surface area contributed by atoms with Crippen LogP contribution in [0.4, 0.5) is 5.82 Å². The van der Waals surface area contributed by atoms with E-state index in [1.807, 2.05) is 30.6 Å². The van der Waals surface area contributed by atoms with E-state index in [4.69, 9.17) is 0 Å². The lowest BCUT2D eigenvalue weighted by atomic mass is 9.83. The van der Waals surface area contributed by atoms with Crippen molar-refractivity contribution < 1.29 is 4.79 Å². The van der Waals surface area contributed by atoms with Crippen LogP contribution in [0, 0.1) is 5.92 Å². The first-order valence-corrected chi connectivity index (χ1v) is 11.5. The van der Waals surface area contributed by atoms with Gasteiger partial charge in [0.1, 0.15) is 11.4 Å². The molecule has 1 fully saturated rings. The molecule has 4 rings (SSSR count). The zero-order valence-corrected chi connectivity index (χ0v) is 18.3. The van der Waals surface area contributed by atoms with Gasteiger partial charge in [-0.05, 0) is 49.3 Å². The van der Waals surface area contributed by atoms with Crippen LogP contribution in [0.1, 0.15) is 74.2 Å². The Morgan fingerprint density at radius 1 is 1.16 bits per heavy atom. The van der Waals surface area contributed by atoms with Gasteiger partial charge in [0.25, 0.3) is 5.91 Å². The number of hydrogen-bond acceptors (Lipinski definition) is 5. The highest BCUT2D eigenvalue weighted by Crippen LogP contribution is 2.28. The van der Waals surface area contributed by atoms with Crippen molar-refractivity contribution in [3.63, 3.8) is 0 Å². The van der Waals surface area contributed by atoms with Crippen LogP contribution in [-0.2, 0) is 6.54 Å². The average molecular weight is 421 g/mol. The molecule has 7 heteroatoms. The molecule has 0 spiro atoms. The zero-order valence-electron chi connectivity index (χ0n) is 18.3. The number of carbonyl (C=O) groups excluding carboxylic acids is 1. The molecular formula is C24H32N6O. The molecule has 0 radical (unpaired) electrons. The van der Waals surface area contributed by atoms with Crippen molar-refractivity contribution in [1.82, 2.24) is 24.9 Å². The van der Waals surface area contributed by atoms with E-state index in [1.54, 1.807) is 16.9 Å². The molecule has 1 amide bonds. The van der Waals surface area contributed by atoms with E-state index in [2.05, 4.69) is 32.6 Å². The summed E-state index contributed by atoms with van der Waals surface area (Å²) in [5.74, 6) is 1.45. The Kier molecular flexibility index (Phi) is 7.12. The summed E-state index contributed by atoms with van der Waals surface area (Å²) in [5, 5.41) is 10.8. The third-order valence-corrected chi connectivity index (χ3v) is 6.21. The molecule has 3 aromatic rings. The zero-order chi connectivity index (χ0) is 21.5. The van der Waals surface area contributed by atoms with Gasteiger partial charge in [-0.2, -0.15) is 5.10 Å². The molecular weight excluding hydrogens is 388 g/mol. The topological polar surface area (TPSA) is 84.2 Å². The Morgan fingerprint density at radius 2 is 2.03 bits per heavy atom. The number of nitrogens with zero attached hydrogens (tertiary/aromatic N) is 4. The summed E-state index contributed by atoms with van der Waals surface area (Å²) in [7, 11) is 0. The third-order valence-electron chi connectivity index (χ3n) is 6.21. The number of aromatic nitrogens is 4. The Balaban J connectivity index is 1.35. The molecule has 0 bridgehead atoms. The fourth-order valence-corrected chi connectivity index (χ4v) is 4.36. The van der Waals surface area contributed by atoms with Crippen molar-refractivity contribution in [2.75, 3.05) is 5.32 Å². The maximum atomic E-state index is 12.9. The molecule has 1 aliphatic carbocycles. The summed E-state index contributed by atoms with van der Waals surface area (Å²) in [6.45, 7) is 2.87. The van der Waals surface area contributed by atoms with E-state index < -0.39 is 0 Å². The van der Waals surface area contributed by atoms with Gasteiger partial charge in [0.05, 0.1) is 6.20 Å². The van der Waals surface area contributed by atoms with Crippen molar-refractivity contribution in [2.24, 2.45) is 5.92 Å². The maximum Gasteiger partial charge on any atom is 0.256 e. The lowest BCUT2D eigenvalue weighted by Gasteiger charge is -2.29. The van der Waals surface area contributed by atoms with Gasteiger partial charge in [-0.15, -0.1) is 0 Å². The van der Waals surface area contributed by atoms with E-state index in [0.717, 1.165) is 24.3 Å². The molecule has 0 atom stereocenters. The lowest BCUT2D eigenvalue weighted by Crippen LogP contribution is -2.37. The Morgan fingerprint density at radius 3 is 2.81 bits per heavy atom. The number of nitrogens with one attached hydrogen (secondary N) is 2. The Bertz CT molecular complexity index is 978. The molecule has 3 aromatic heterocycles. The van der Waals surface area contributed by atoms with Crippen molar-refractivity contribution in [3.05, 3.63) is 54.1 Å². The van der Waals surface area contributed by atoms with E-state index in [0.29, 0.717) is 23.6 Å². The van der Waals surface area contributed by atoms with E-state index in [-0.39, 0.29) is 11.9 Å². The van der Waals surface area contributed by atoms with Gasteiger partial charge in [0, 0.05) is 31.2 Å². The predicted octanol–water partition coefficient (Wildman–Crippen LogP) is 4.61. The molecule has 0 saturated heterocycles. The summed E-state index contributed by atoms with van der Waals surface area (Å²) in [6, 6.07) is 6.02. The molecule has 164 valence electrons. The number of pyridine rings is 1. The van der Waals surface area contributed by atoms with Gasteiger partial charge in [0.15, 0.2) is 5.65 Å². The van der Waals surface area contributed by atoms with E-state index in [9.17, 15) is 4.79 Å². The van der Waals surface area contributed by atoms with Crippen molar-refractivity contribution in [2.45, 2.75) is 70.9 Å². The highest BCUT2D eigenvalue weighted by Gasteiger charge is 2.24. The Hall–Kier alpha value is -2.96. The minimum atomic E-state index is -0.0821. The SMILES string of the molecule is CCCCCC1CCC(NC(=O)c2cnn3ccc(NCc4cccnc4)nc23)CC1. The van der Waals surface area contributed by atoms with Gasteiger partial charge < -0.3 is 10.6 Å². The second-order valence-corrected chi connectivity index (χ2v) is 8.54. The quantitative estimate of drug-likeness (QED) is 0.494. The van der Waals surface area contributed by atoms with Crippen LogP contribution >= 0.6 is 0 Å². The van der Waals surface area contributed by atoms with Crippen LogP contribution in [0.2, 0.25) is 0 Å². The first kappa shape index (κ1) is 21.3. The summed E-state index contributed by atoms with van der Waals surface area (Å²) in [4.78, 5) is 21.7. The summed E-state index contributed by atoms with van der Waals surface area (Å²) < 4.78 is 1.65. The largest absolute Gasteiger partial charge is 0.366 e. The first-order chi connectivity index (χ1) is 15.2. The summed E-state index contributed by atoms with van der Waals surface area (Å²) in [5.41, 5.74) is 2.16. The minimum absolute atomic E-state index is 0.0821. The number of hydrogen-bond donors (Lipinski definition) is 2. The molecule has 0 aromatic carbocycles. The monoisotopic (exact) mass is 420 g/mol. The predicted molar refractivity (Wildman–Crippen MR) is 122 cm³/mol. The van der Waals surface area contributed by atoms with Gasteiger partial charge in [-0.3, -0.25) is 9.78 Å². The minimum Gasteiger partial charge on any atom is -0.366 e. The number of rotatable bonds is 9. The third kappa shape index (κ3) is 5.60. The second kappa shape index (κ2) is 10.4. The average Bonchev–Trinajstić information content (AvgIpc) is 3.23. The maximum absolute atomic E-state index is 12.9.